The van der Waals surface area contributed by atoms with Crippen LogP contribution < -0.4 is 5.14 Å². The summed E-state index contributed by atoms with van der Waals surface area (Å²) in [6, 6.07) is 1.78. The van der Waals surface area contributed by atoms with Gasteiger partial charge >= 0.3 is 0 Å². The summed E-state index contributed by atoms with van der Waals surface area (Å²) in [6.45, 7) is 5.97. The minimum absolute atomic E-state index is 0.0634. The maximum absolute atomic E-state index is 11.4. The molecule has 1 rings (SSSR count). The normalized spacial score (nSPS) is 15.1. The van der Waals surface area contributed by atoms with Crippen molar-refractivity contribution in [1.82, 2.24) is 9.78 Å². The van der Waals surface area contributed by atoms with Gasteiger partial charge in [-0.1, -0.05) is 0 Å². The number of nitrogens with two attached hydrogens (primary N) is 1. The van der Waals surface area contributed by atoms with E-state index in [2.05, 4.69) is 26.2 Å². The Kier molecular flexibility index (Phi) is 3.90. The molecule has 104 valence electrons. The molecule has 0 aromatic carbocycles. The first-order valence-electron chi connectivity index (χ1n) is 5.88. The maximum atomic E-state index is 11.4. The number of quaternary nitrogens is 1. The average Bonchev–Trinajstić information content (AvgIpc) is 2.58. The molecule has 0 aliphatic heterocycles. The molecule has 0 aliphatic rings. The molecule has 18 heavy (non-hydrogen) atoms. The van der Waals surface area contributed by atoms with Crippen molar-refractivity contribution in [3.63, 3.8) is 0 Å². The van der Waals surface area contributed by atoms with Gasteiger partial charge in [0.25, 0.3) is 10.0 Å². The summed E-state index contributed by atoms with van der Waals surface area (Å²) < 4.78 is 25.2. The summed E-state index contributed by atoms with van der Waals surface area (Å²) >= 11 is 0. The van der Waals surface area contributed by atoms with E-state index in [1.165, 1.54) is 0 Å². The first kappa shape index (κ1) is 15.1. The van der Waals surface area contributed by atoms with E-state index in [4.69, 9.17) is 5.14 Å². The fourth-order valence-electron chi connectivity index (χ4n) is 1.65. The van der Waals surface area contributed by atoms with Gasteiger partial charge in [0, 0.05) is 12.1 Å². The highest BCUT2D eigenvalue weighted by Crippen LogP contribution is 2.26. The van der Waals surface area contributed by atoms with Crippen LogP contribution in [0.1, 0.15) is 38.5 Å². The molecule has 0 saturated carbocycles. The van der Waals surface area contributed by atoms with Gasteiger partial charge in [-0.2, -0.15) is 5.10 Å². The third kappa shape index (κ3) is 3.09. The van der Waals surface area contributed by atoms with Gasteiger partial charge in [-0.25, -0.2) is 13.6 Å². The van der Waals surface area contributed by atoms with Crippen molar-refractivity contribution in [2.45, 2.75) is 37.9 Å². The fraction of sp³-hybridized carbons (Fsp3) is 0.727. The topological polar surface area (TPSA) is 78.0 Å². The van der Waals surface area contributed by atoms with E-state index in [9.17, 15) is 8.42 Å². The number of hydrogen-bond donors (Lipinski definition) is 1. The lowest BCUT2D eigenvalue weighted by atomic mass is 10.2. The lowest BCUT2D eigenvalue weighted by Crippen LogP contribution is -2.38. The zero-order valence-electron chi connectivity index (χ0n) is 11.9. The second-order valence-electron chi connectivity index (χ2n) is 5.78. The highest BCUT2D eigenvalue weighted by atomic mass is 32.2. The predicted molar refractivity (Wildman–Crippen MR) is 70.4 cm³/mol. The molecule has 0 radical (unpaired) electrons. The van der Waals surface area contributed by atoms with Crippen molar-refractivity contribution in [1.29, 1.82) is 0 Å². The van der Waals surface area contributed by atoms with Crippen molar-refractivity contribution >= 4 is 10.0 Å². The number of hydrogen-bond acceptors (Lipinski definition) is 3. The first-order chi connectivity index (χ1) is 7.94. The molecule has 0 fully saturated rings. The van der Waals surface area contributed by atoms with Crippen molar-refractivity contribution in [2.24, 2.45) is 5.14 Å². The van der Waals surface area contributed by atoms with E-state index >= 15 is 0 Å². The van der Waals surface area contributed by atoms with Gasteiger partial charge in [-0.05, 0) is 20.8 Å². The molecule has 1 aromatic heterocycles. The van der Waals surface area contributed by atoms with E-state index in [1.807, 2.05) is 20.8 Å². The fourth-order valence-corrected chi connectivity index (χ4v) is 2.13. The smallest absolute Gasteiger partial charge is 0.257 e. The Morgan fingerprint density at radius 2 is 1.78 bits per heavy atom. The molecule has 0 amide bonds. The van der Waals surface area contributed by atoms with Gasteiger partial charge in [0.2, 0.25) is 0 Å². The summed E-state index contributed by atoms with van der Waals surface area (Å²) in [5.74, 6) is 0. The molecule has 7 heteroatoms. The number of nitrogens with zero attached hydrogens (tertiary/aromatic N) is 3. The molecule has 2 N–H and O–H groups in total. The molecule has 6 nitrogen and oxygen atoms in total. The molecule has 1 aromatic rings. The first-order valence-corrected chi connectivity index (χ1v) is 7.42. The van der Waals surface area contributed by atoms with Crippen LogP contribution in [0.15, 0.2) is 11.1 Å². The van der Waals surface area contributed by atoms with Crippen molar-refractivity contribution in [3.8, 4) is 0 Å². The van der Waals surface area contributed by atoms with E-state index in [0.717, 1.165) is 5.69 Å². The summed E-state index contributed by atoms with van der Waals surface area (Å²) in [4.78, 5) is 0. The van der Waals surface area contributed by atoms with Crippen molar-refractivity contribution in [3.05, 3.63) is 11.8 Å². The zero-order chi connectivity index (χ0) is 14.3. The summed E-state index contributed by atoms with van der Waals surface area (Å²) in [5.41, 5.74) is 0.876. The molecular weight excluding hydrogens is 252 g/mol. The van der Waals surface area contributed by atoms with Gasteiger partial charge in [0.05, 0.1) is 26.8 Å². The van der Waals surface area contributed by atoms with Crippen LogP contribution in [0.4, 0.5) is 0 Å². The maximum Gasteiger partial charge on any atom is 0.257 e. The zero-order valence-corrected chi connectivity index (χ0v) is 12.7. The van der Waals surface area contributed by atoms with Crippen LogP contribution >= 0.6 is 0 Å². The van der Waals surface area contributed by atoms with Crippen LogP contribution in [0.3, 0.4) is 0 Å². The lowest BCUT2D eigenvalue weighted by Gasteiger charge is -2.32. The van der Waals surface area contributed by atoms with Crippen LogP contribution in [0.5, 0.6) is 0 Å². The Morgan fingerprint density at radius 3 is 2.11 bits per heavy atom. The van der Waals surface area contributed by atoms with Gasteiger partial charge < -0.3 is 4.48 Å². The molecule has 0 aliphatic carbocycles. The largest absolute Gasteiger partial charge is 0.324 e. The van der Waals surface area contributed by atoms with Crippen LogP contribution in [0.2, 0.25) is 0 Å². The van der Waals surface area contributed by atoms with E-state index in [0.29, 0.717) is 4.48 Å². The third-order valence-electron chi connectivity index (χ3n) is 3.11. The predicted octanol–water partition coefficient (Wildman–Crippen LogP) is 0.879. The molecule has 1 atom stereocenters. The standard InChI is InChI=1S/C11H23N4O2S/c1-8(2)14-10(9(3)15(4,5)6)7-11(13-14)18(12,16)17/h7-9H,1-6H3,(H2,12,16,17)/q+1. The molecule has 0 saturated heterocycles. The van der Waals surface area contributed by atoms with Gasteiger partial charge in [0.1, 0.15) is 6.04 Å². The Balaban J connectivity index is 3.39. The number of sulfonamides is 1. The summed E-state index contributed by atoms with van der Waals surface area (Å²) in [5, 5.41) is 9.19. The number of aromatic nitrogens is 2. The highest BCUT2D eigenvalue weighted by Gasteiger charge is 2.28. The second-order valence-corrected chi connectivity index (χ2v) is 7.29. The monoisotopic (exact) mass is 275 g/mol. The van der Waals surface area contributed by atoms with Crippen molar-refractivity contribution in [2.75, 3.05) is 21.1 Å². The average molecular weight is 275 g/mol. The summed E-state index contributed by atoms with van der Waals surface area (Å²) in [6.07, 6.45) is 0. The van der Waals surface area contributed by atoms with E-state index in [1.54, 1.807) is 10.7 Å². The Labute approximate surface area is 109 Å². The SMILES string of the molecule is CC(C)n1nc(S(N)(=O)=O)cc1C(C)[N+](C)(C)C. The van der Waals surface area contributed by atoms with Crippen LogP contribution in [0.25, 0.3) is 0 Å². The number of rotatable bonds is 4. The second kappa shape index (κ2) is 4.64. The van der Waals surface area contributed by atoms with E-state index in [-0.39, 0.29) is 17.1 Å². The van der Waals surface area contributed by atoms with Crippen LogP contribution in [-0.2, 0) is 10.0 Å². The Hall–Kier alpha value is -0.920. The molecule has 1 heterocycles. The molecule has 0 bridgehead atoms. The summed E-state index contributed by atoms with van der Waals surface area (Å²) in [7, 11) is 2.41. The highest BCUT2D eigenvalue weighted by molar-refractivity contribution is 7.89. The molecule has 0 spiro atoms. The Morgan fingerprint density at radius 1 is 1.28 bits per heavy atom. The minimum atomic E-state index is -3.76. The Bertz CT molecular complexity index is 526. The number of primary sulfonamides is 1. The van der Waals surface area contributed by atoms with Gasteiger partial charge in [-0.3, -0.25) is 4.68 Å². The minimum Gasteiger partial charge on any atom is -0.324 e. The molecular formula is C11H23N4O2S+. The van der Waals surface area contributed by atoms with E-state index < -0.39 is 10.0 Å². The van der Waals surface area contributed by atoms with Gasteiger partial charge in [-0.15, -0.1) is 0 Å². The van der Waals surface area contributed by atoms with Crippen LogP contribution in [-0.4, -0.2) is 43.8 Å². The molecule has 1 unspecified atom stereocenters. The third-order valence-corrected chi connectivity index (χ3v) is 3.90. The van der Waals surface area contributed by atoms with Crippen LogP contribution in [0, 0.1) is 0 Å². The quantitative estimate of drug-likeness (QED) is 0.829. The van der Waals surface area contributed by atoms with Crippen molar-refractivity contribution < 1.29 is 12.9 Å². The lowest BCUT2D eigenvalue weighted by molar-refractivity contribution is -0.900. The van der Waals surface area contributed by atoms with Gasteiger partial charge in [0.15, 0.2) is 5.03 Å².